The van der Waals surface area contributed by atoms with Crippen molar-refractivity contribution in [1.29, 1.82) is 0 Å². The number of nitrogens with one attached hydrogen (secondary N) is 1. The molecule has 0 radical (unpaired) electrons. The molecule has 1 aliphatic rings. The fraction of sp³-hybridized carbons (Fsp3) is 0.875. The molecule has 1 heterocycles. The molecule has 76 valence electrons. The average Bonchev–Trinajstić information content (AvgIpc) is 2.15. The van der Waals surface area contributed by atoms with Crippen LogP contribution in [0.2, 0.25) is 0 Å². The maximum atomic E-state index is 11.7. The van der Waals surface area contributed by atoms with Crippen molar-refractivity contribution < 1.29 is 18.7 Å². The predicted molar refractivity (Wildman–Crippen MR) is 44.1 cm³/mol. The zero-order chi connectivity index (χ0) is 9.68. The molecule has 1 N–H and O–H groups in total. The lowest BCUT2D eigenvalue weighted by Gasteiger charge is -2.28. The van der Waals surface area contributed by atoms with Gasteiger partial charge in [0.1, 0.15) is 6.67 Å². The Morgan fingerprint density at radius 1 is 1.54 bits per heavy atom. The van der Waals surface area contributed by atoms with E-state index in [1.807, 2.05) is 0 Å². The second-order valence-corrected chi connectivity index (χ2v) is 2.85. The van der Waals surface area contributed by atoms with Gasteiger partial charge in [0.05, 0.1) is 19.3 Å². The smallest absolute Gasteiger partial charge is 0.251 e. The van der Waals surface area contributed by atoms with Gasteiger partial charge in [-0.15, -0.1) is 0 Å². The first-order valence-corrected chi connectivity index (χ1v) is 4.32. The molecular formula is C8H14FNO3. The van der Waals surface area contributed by atoms with E-state index in [4.69, 9.17) is 9.47 Å². The predicted octanol–water partition coefficient (Wildman–Crippen LogP) is -0.124. The Bertz CT molecular complexity index is 177. The van der Waals surface area contributed by atoms with Gasteiger partial charge in [0.25, 0.3) is 5.91 Å². The molecule has 2 atom stereocenters. The van der Waals surface area contributed by atoms with E-state index in [0.29, 0.717) is 13.2 Å². The number of hydrogen-bond donors (Lipinski definition) is 1. The van der Waals surface area contributed by atoms with Crippen molar-refractivity contribution >= 4 is 5.91 Å². The van der Waals surface area contributed by atoms with Crippen LogP contribution in [-0.2, 0) is 14.3 Å². The lowest BCUT2D eigenvalue weighted by atomic mass is 10.2. The molecule has 0 aromatic carbocycles. The molecule has 0 spiro atoms. The van der Waals surface area contributed by atoms with Crippen molar-refractivity contribution in [2.45, 2.75) is 19.1 Å². The minimum atomic E-state index is -0.597. The zero-order valence-corrected chi connectivity index (χ0v) is 7.59. The topological polar surface area (TPSA) is 47.6 Å². The molecule has 1 amide bonds. The minimum absolute atomic E-state index is 0.0331. The van der Waals surface area contributed by atoms with Crippen molar-refractivity contribution in [3.05, 3.63) is 0 Å². The molecule has 13 heavy (non-hydrogen) atoms. The lowest BCUT2D eigenvalue weighted by molar-refractivity contribution is -0.161. The monoisotopic (exact) mass is 191 g/mol. The first-order chi connectivity index (χ1) is 6.25. The quantitative estimate of drug-likeness (QED) is 0.676. The first-order valence-electron chi connectivity index (χ1n) is 4.32. The largest absolute Gasteiger partial charge is 0.373 e. The van der Waals surface area contributed by atoms with Crippen LogP contribution in [0.5, 0.6) is 0 Å². The van der Waals surface area contributed by atoms with Crippen LogP contribution in [0, 0.1) is 0 Å². The van der Waals surface area contributed by atoms with E-state index in [2.05, 4.69) is 5.32 Å². The molecule has 5 heteroatoms. The van der Waals surface area contributed by atoms with Crippen molar-refractivity contribution in [3.63, 3.8) is 0 Å². The normalized spacial score (nSPS) is 28.5. The number of ether oxygens (including phenoxy) is 2. The minimum Gasteiger partial charge on any atom is -0.373 e. The van der Waals surface area contributed by atoms with E-state index in [0.717, 1.165) is 0 Å². The number of alkyl halides is 1. The van der Waals surface area contributed by atoms with E-state index in [1.54, 1.807) is 6.92 Å². The lowest BCUT2D eigenvalue weighted by Crippen LogP contribution is -2.47. The second kappa shape index (κ2) is 5.14. The highest BCUT2D eigenvalue weighted by molar-refractivity contribution is 5.81. The molecule has 1 rings (SSSR count). The summed E-state index contributed by atoms with van der Waals surface area (Å²) in [5.74, 6) is -0.301. The van der Waals surface area contributed by atoms with Gasteiger partial charge in [-0.3, -0.25) is 4.79 Å². The summed E-state index contributed by atoms with van der Waals surface area (Å²) in [6.45, 7) is 2.16. The van der Waals surface area contributed by atoms with E-state index in [9.17, 15) is 9.18 Å². The van der Waals surface area contributed by atoms with Gasteiger partial charge in [0.2, 0.25) is 0 Å². The molecular weight excluding hydrogens is 177 g/mol. The SMILES string of the molecule is C[C@@H]1OCCO[C@@H]1C(=O)NCCF. The van der Waals surface area contributed by atoms with Gasteiger partial charge in [-0.2, -0.15) is 0 Å². The Morgan fingerprint density at radius 2 is 2.23 bits per heavy atom. The summed E-state index contributed by atoms with van der Waals surface area (Å²) < 4.78 is 22.1. The van der Waals surface area contributed by atoms with Gasteiger partial charge >= 0.3 is 0 Å². The number of carbonyl (C=O) groups is 1. The molecule has 0 saturated carbocycles. The van der Waals surface area contributed by atoms with E-state index in [1.165, 1.54) is 0 Å². The summed E-state index contributed by atoms with van der Waals surface area (Å²) in [4.78, 5) is 11.3. The summed E-state index contributed by atoms with van der Waals surface area (Å²) in [6, 6.07) is 0. The second-order valence-electron chi connectivity index (χ2n) is 2.85. The van der Waals surface area contributed by atoms with Crippen LogP contribution in [0.4, 0.5) is 4.39 Å². The third kappa shape index (κ3) is 2.93. The number of amides is 1. The highest BCUT2D eigenvalue weighted by Crippen LogP contribution is 2.09. The Hall–Kier alpha value is -0.680. The molecule has 0 aromatic heterocycles. The standard InChI is InChI=1S/C8H14FNO3/c1-6-7(13-5-4-12-6)8(11)10-3-2-9/h6-7H,2-5H2,1H3,(H,10,11)/t6-,7-/m0/s1. The summed E-state index contributed by atoms with van der Waals surface area (Å²) in [6.07, 6.45) is -0.853. The molecule has 0 aliphatic carbocycles. The third-order valence-electron chi connectivity index (χ3n) is 1.84. The number of halogens is 1. The Kier molecular flexibility index (Phi) is 4.11. The van der Waals surface area contributed by atoms with Gasteiger partial charge in [-0.25, -0.2) is 4.39 Å². The van der Waals surface area contributed by atoms with Gasteiger partial charge in [0.15, 0.2) is 6.10 Å². The van der Waals surface area contributed by atoms with Crippen LogP contribution >= 0.6 is 0 Å². The van der Waals surface area contributed by atoms with Crippen molar-refractivity contribution in [3.8, 4) is 0 Å². The van der Waals surface area contributed by atoms with Gasteiger partial charge in [0, 0.05) is 6.54 Å². The molecule has 1 saturated heterocycles. The van der Waals surface area contributed by atoms with Crippen molar-refractivity contribution in [1.82, 2.24) is 5.32 Å². The van der Waals surface area contributed by atoms with Crippen LogP contribution < -0.4 is 5.32 Å². The maximum absolute atomic E-state index is 11.7. The number of rotatable bonds is 3. The fourth-order valence-corrected chi connectivity index (χ4v) is 1.19. The van der Waals surface area contributed by atoms with Crippen LogP contribution in [0.25, 0.3) is 0 Å². The average molecular weight is 191 g/mol. The summed E-state index contributed by atoms with van der Waals surface area (Å²) in [7, 11) is 0. The summed E-state index contributed by atoms with van der Waals surface area (Å²) >= 11 is 0. The molecule has 1 fully saturated rings. The van der Waals surface area contributed by atoms with Crippen LogP contribution in [0.3, 0.4) is 0 Å². The Labute approximate surface area is 76.4 Å². The first kappa shape index (κ1) is 10.4. The fourth-order valence-electron chi connectivity index (χ4n) is 1.19. The molecule has 0 aromatic rings. The van der Waals surface area contributed by atoms with Crippen LogP contribution in [-0.4, -0.2) is 44.5 Å². The zero-order valence-electron chi connectivity index (χ0n) is 7.59. The van der Waals surface area contributed by atoms with Gasteiger partial charge in [-0.1, -0.05) is 0 Å². The number of hydrogen-bond acceptors (Lipinski definition) is 3. The highest BCUT2D eigenvalue weighted by atomic mass is 19.1. The summed E-state index contributed by atoms with van der Waals surface area (Å²) in [5.41, 5.74) is 0. The van der Waals surface area contributed by atoms with Crippen LogP contribution in [0.1, 0.15) is 6.92 Å². The number of carbonyl (C=O) groups excluding carboxylic acids is 1. The maximum Gasteiger partial charge on any atom is 0.251 e. The van der Waals surface area contributed by atoms with Gasteiger partial charge in [-0.05, 0) is 6.92 Å². The Balaban J connectivity index is 2.35. The van der Waals surface area contributed by atoms with Crippen molar-refractivity contribution in [2.24, 2.45) is 0 Å². The third-order valence-corrected chi connectivity index (χ3v) is 1.84. The highest BCUT2D eigenvalue weighted by Gasteiger charge is 2.29. The summed E-state index contributed by atoms with van der Waals surface area (Å²) in [5, 5.41) is 2.41. The van der Waals surface area contributed by atoms with E-state index in [-0.39, 0.29) is 18.6 Å². The van der Waals surface area contributed by atoms with E-state index < -0.39 is 12.8 Å². The Morgan fingerprint density at radius 3 is 2.85 bits per heavy atom. The molecule has 4 nitrogen and oxygen atoms in total. The molecule has 0 bridgehead atoms. The molecule has 0 unspecified atom stereocenters. The van der Waals surface area contributed by atoms with Crippen LogP contribution in [0.15, 0.2) is 0 Å². The van der Waals surface area contributed by atoms with Gasteiger partial charge < -0.3 is 14.8 Å². The van der Waals surface area contributed by atoms with Crippen molar-refractivity contribution in [2.75, 3.05) is 26.4 Å². The van der Waals surface area contributed by atoms with E-state index >= 15 is 0 Å². The molecule has 1 aliphatic heterocycles.